The SMILES string of the molecule is O=C1CCCc2ncc(Cl)cc21. The Labute approximate surface area is 75.6 Å². The molecule has 12 heavy (non-hydrogen) atoms. The van der Waals surface area contributed by atoms with E-state index in [0.717, 1.165) is 18.5 Å². The number of pyridine rings is 1. The fourth-order valence-corrected chi connectivity index (χ4v) is 1.62. The van der Waals surface area contributed by atoms with Crippen LogP contribution in [0.1, 0.15) is 28.9 Å². The highest BCUT2D eigenvalue weighted by Gasteiger charge is 2.17. The maximum Gasteiger partial charge on any atom is 0.164 e. The van der Waals surface area contributed by atoms with E-state index in [1.165, 1.54) is 0 Å². The van der Waals surface area contributed by atoms with Crippen molar-refractivity contribution in [1.82, 2.24) is 4.98 Å². The number of carbonyl (C=O) groups excluding carboxylic acids is 1. The van der Waals surface area contributed by atoms with Crippen LogP contribution in [0, 0.1) is 0 Å². The normalized spacial score (nSPS) is 15.9. The minimum absolute atomic E-state index is 0.172. The van der Waals surface area contributed by atoms with Crippen molar-refractivity contribution >= 4 is 17.4 Å². The third-order valence-electron chi connectivity index (χ3n) is 2.05. The Bertz CT molecular complexity index is 335. The minimum Gasteiger partial charge on any atom is -0.294 e. The molecule has 0 amide bonds. The molecule has 1 aliphatic rings. The summed E-state index contributed by atoms with van der Waals surface area (Å²) < 4.78 is 0. The summed E-state index contributed by atoms with van der Waals surface area (Å²) in [4.78, 5) is 15.5. The number of ketones is 1. The van der Waals surface area contributed by atoms with E-state index in [9.17, 15) is 4.79 Å². The van der Waals surface area contributed by atoms with Gasteiger partial charge in [-0.15, -0.1) is 0 Å². The predicted molar refractivity (Wildman–Crippen MR) is 46.5 cm³/mol. The molecular formula is C9H8ClNO. The second-order valence-corrected chi connectivity index (χ2v) is 3.36. The van der Waals surface area contributed by atoms with E-state index in [0.29, 0.717) is 17.0 Å². The Morgan fingerprint density at radius 1 is 1.42 bits per heavy atom. The molecule has 0 saturated heterocycles. The smallest absolute Gasteiger partial charge is 0.164 e. The van der Waals surface area contributed by atoms with Crippen LogP contribution in [-0.4, -0.2) is 10.8 Å². The first-order chi connectivity index (χ1) is 5.77. The second kappa shape index (κ2) is 2.87. The molecule has 1 heterocycles. The van der Waals surface area contributed by atoms with Crippen LogP contribution >= 0.6 is 11.6 Å². The van der Waals surface area contributed by atoms with E-state index in [-0.39, 0.29) is 5.78 Å². The minimum atomic E-state index is 0.172. The zero-order valence-corrected chi connectivity index (χ0v) is 7.27. The van der Waals surface area contributed by atoms with Gasteiger partial charge in [-0.2, -0.15) is 0 Å². The number of halogens is 1. The summed E-state index contributed by atoms with van der Waals surface area (Å²) in [7, 11) is 0. The molecule has 2 nitrogen and oxygen atoms in total. The number of carbonyl (C=O) groups is 1. The summed E-state index contributed by atoms with van der Waals surface area (Å²) >= 11 is 5.73. The molecule has 0 unspecified atom stereocenters. The van der Waals surface area contributed by atoms with Crippen molar-refractivity contribution in [2.24, 2.45) is 0 Å². The molecule has 0 saturated carbocycles. The van der Waals surface area contributed by atoms with E-state index in [4.69, 9.17) is 11.6 Å². The van der Waals surface area contributed by atoms with Crippen molar-refractivity contribution < 1.29 is 4.79 Å². The summed E-state index contributed by atoms with van der Waals surface area (Å²) in [6.45, 7) is 0. The Hall–Kier alpha value is -0.890. The van der Waals surface area contributed by atoms with Crippen LogP contribution in [-0.2, 0) is 6.42 Å². The Morgan fingerprint density at radius 3 is 3.08 bits per heavy atom. The topological polar surface area (TPSA) is 30.0 Å². The fraction of sp³-hybridized carbons (Fsp3) is 0.333. The molecule has 2 rings (SSSR count). The molecule has 0 atom stereocenters. The quantitative estimate of drug-likeness (QED) is 0.615. The van der Waals surface area contributed by atoms with Crippen LogP contribution in [0.5, 0.6) is 0 Å². The van der Waals surface area contributed by atoms with Gasteiger partial charge < -0.3 is 0 Å². The van der Waals surface area contributed by atoms with Gasteiger partial charge in [-0.1, -0.05) is 11.6 Å². The standard InChI is InChI=1S/C9H8ClNO/c10-6-4-7-8(11-5-6)2-1-3-9(7)12/h4-5H,1-3H2. The highest BCUT2D eigenvalue weighted by Crippen LogP contribution is 2.21. The average Bonchev–Trinajstić information content (AvgIpc) is 2.07. The maximum atomic E-state index is 11.3. The molecule has 1 aliphatic carbocycles. The van der Waals surface area contributed by atoms with Gasteiger partial charge in [0.25, 0.3) is 0 Å². The molecule has 0 fully saturated rings. The van der Waals surface area contributed by atoms with Gasteiger partial charge in [-0.3, -0.25) is 9.78 Å². The Kier molecular flexibility index (Phi) is 1.85. The predicted octanol–water partition coefficient (Wildman–Crippen LogP) is 2.25. The van der Waals surface area contributed by atoms with E-state index in [1.807, 2.05) is 0 Å². The molecule has 0 radical (unpaired) electrons. The molecule has 0 aliphatic heterocycles. The van der Waals surface area contributed by atoms with Crippen LogP contribution in [0.4, 0.5) is 0 Å². The van der Waals surface area contributed by atoms with Crippen LogP contribution in [0.3, 0.4) is 0 Å². The second-order valence-electron chi connectivity index (χ2n) is 2.92. The van der Waals surface area contributed by atoms with E-state index >= 15 is 0 Å². The summed E-state index contributed by atoms with van der Waals surface area (Å²) in [5.74, 6) is 0.172. The lowest BCUT2D eigenvalue weighted by Gasteiger charge is -2.12. The van der Waals surface area contributed by atoms with Crippen LogP contribution in [0.25, 0.3) is 0 Å². The lowest BCUT2D eigenvalue weighted by Crippen LogP contribution is -2.12. The van der Waals surface area contributed by atoms with E-state index in [2.05, 4.69) is 4.98 Å². The number of fused-ring (bicyclic) bond motifs is 1. The van der Waals surface area contributed by atoms with Gasteiger partial charge >= 0.3 is 0 Å². The van der Waals surface area contributed by atoms with Crippen molar-refractivity contribution in [2.75, 3.05) is 0 Å². The zero-order valence-electron chi connectivity index (χ0n) is 6.51. The highest BCUT2D eigenvalue weighted by atomic mass is 35.5. The molecule has 0 bridgehead atoms. The molecule has 62 valence electrons. The number of aryl methyl sites for hydroxylation is 1. The summed E-state index contributed by atoms with van der Waals surface area (Å²) in [5, 5.41) is 0.545. The first-order valence-electron chi connectivity index (χ1n) is 3.95. The van der Waals surface area contributed by atoms with Gasteiger partial charge in [0.05, 0.1) is 10.7 Å². The lowest BCUT2D eigenvalue weighted by atomic mass is 9.95. The van der Waals surface area contributed by atoms with E-state index < -0.39 is 0 Å². The van der Waals surface area contributed by atoms with Crippen molar-refractivity contribution in [3.63, 3.8) is 0 Å². The van der Waals surface area contributed by atoms with Crippen molar-refractivity contribution in [2.45, 2.75) is 19.3 Å². The van der Waals surface area contributed by atoms with E-state index in [1.54, 1.807) is 12.3 Å². The van der Waals surface area contributed by atoms with Gasteiger partial charge in [0.1, 0.15) is 0 Å². The zero-order chi connectivity index (χ0) is 8.55. The molecule has 0 N–H and O–H groups in total. The number of hydrogen-bond acceptors (Lipinski definition) is 2. The molecule has 3 heteroatoms. The molecule has 1 aromatic heterocycles. The third-order valence-corrected chi connectivity index (χ3v) is 2.26. The largest absolute Gasteiger partial charge is 0.294 e. The number of aromatic nitrogens is 1. The monoisotopic (exact) mass is 181 g/mol. The lowest BCUT2D eigenvalue weighted by molar-refractivity contribution is 0.0971. The third kappa shape index (κ3) is 1.23. The molecular weight excluding hydrogens is 174 g/mol. The number of nitrogens with zero attached hydrogens (tertiary/aromatic N) is 1. The maximum absolute atomic E-state index is 11.3. The molecule has 0 spiro atoms. The van der Waals surface area contributed by atoms with Crippen LogP contribution in [0.15, 0.2) is 12.3 Å². The van der Waals surface area contributed by atoms with Gasteiger partial charge in [0.15, 0.2) is 5.78 Å². The Balaban J connectivity index is 2.54. The average molecular weight is 182 g/mol. The molecule has 1 aromatic rings. The first kappa shape index (κ1) is 7.74. The van der Waals surface area contributed by atoms with Crippen LogP contribution in [0.2, 0.25) is 5.02 Å². The summed E-state index contributed by atoms with van der Waals surface area (Å²) in [6, 6.07) is 1.71. The number of Topliss-reactive ketones (excluding diaryl/α,β-unsaturated/α-hetero) is 1. The fourth-order valence-electron chi connectivity index (χ4n) is 1.46. The van der Waals surface area contributed by atoms with Crippen molar-refractivity contribution in [1.29, 1.82) is 0 Å². The van der Waals surface area contributed by atoms with Gasteiger partial charge in [-0.05, 0) is 18.9 Å². The number of rotatable bonds is 0. The van der Waals surface area contributed by atoms with Gasteiger partial charge in [0, 0.05) is 18.2 Å². The molecule has 0 aromatic carbocycles. The van der Waals surface area contributed by atoms with Crippen LogP contribution < -0.4 is 0 Å². The van der Waals surface area contributed by atoms with Gasteiger partial charge in [-0.25, -0.2) is 0 Å². The first-order valence-corrected chi connectivity index (χ1v) is 4.33. The summed E-state index contributed by atoms with van der Waals surface area (Å²) in [6.07, 6.45) is 4.05. The highest BCUT2D eigenvalue weighted by molar-refractivity contribution is 6.30. The Morgan fingerprint density at radius 2 is 2.25 bits per heavy atom. The van der Waals surface area contributed by atoms with Crippen molar-refractivity contribution in [3.8, 4) is 0 Å². The summed E-state index contributed by atoms with van der Waals surface area (Å²) in [5.41, 5.74) is 1.62. The van der Waals surface area contributed by atoms with Gasteiger partial charge in [0.2, 0.25) is 0 Å². The number of hydrogen-bond donors (Lipinski definition) is 0. The van der Waals surface area contributed by atoms with Crippen molar-refractivity contribution in [3.05, 3.63) is 28.5 Å².